The average Bonchev–Trinajstić information content (AvgIpc) is 2.91. The minimum absolute atomic E-state index is 0.179. The van der Waals surface area contributed by atoms with Crippen molar-refractivity contribution in [1.82, 2.24) is 4.98 Å². The van der Waals surface area contributed by atoms with Crippen LogP contribution in [0.1, 0.15) is 21.5 Å². The molecule has 0 unspecified atom stereocenters. The van der Waals surface area contributed by atoms with Gasteiger partial charge in [0.2, 0.25) is 0 Å². The fraction of sp³-hybridized carbons (Fsp3) is 0.0667. The SMILES string of the molecule is O=Cc1ccccc1-c1cnc2c(C(F)(F)F)cccc2c1-c1cccc(NCc2ccccc2F)c1. The Morgan fingerprint density at radius 3 is 2.38 bits per heavy atom. The first-order chi connectivity index (χ1) is 17.9. The Kier molecular flexibility index (Phi) is 6.44. The van der Waals surface area contributed by atoms with E-state index in [-0.39, 0.29) is 17.9 Å². The van der Waals surface area contributed by atoms with Crippen molar-refractivity contribution in [1.29, 1.82) is 0 Å². The van der Waals surface area contributed by atoms with E-state index in [1.54, 1.807) is 72.8 Å². The van der Waals surface area contributed by atoms with Crippen molar-refractivity contribution in [2.75, 3.05) is 5.32 Å². The summed E-state index contributed by atoms with van der Waals surface area (Å²) in [7, 11) is 0. The number of hydrogen-bond acceptors (Lipinski definition) is 3. The third-order valence-corrected chi connectivity index (χ3v) is 6.17. The maximum absolute atomic E-state index is 14.1. The van der Waals surface area contributed by atoms with Crippen molar-refractivity contribution in [2.24, 2.45) is 0 Å². The van der Waals surface area contributed by atoms with Crippen LogP contribution >= 0.6 is 0 Å². The van der Waals surface area contributed by atoms with Gasteiger partial charge in [-0.15, -0.1) is 0 Å². The maximum atomic E-state index is 14.1. The van der Waals surface area contributed by atoms with Crippen molar-refractivity contribution in [3.63, 3.8) is 0 Å². The Labute approximate surface area is 210 Å². The largest absolute Gasteiger partial charge is 0.418 e. The van der Waals surface area contributed by atoms with E-state index >= 15 is 0 Å². The highest BCUT2D eigenvalue weighted by Crippen LogP contribution is 2.42. The molecule has 0 aliphatic carbocycles. The number of rotatable bonds is 6. The fourth-order valence-corrected chi connectivity index (χ4v) is 4.44. The average molecular weight is 500 g/mol. The predicted molar refractivity (Wildman–Crippen MR) is 137 cm³/mol. The number of fused-ring (bicyclic) bond motifs is 1. The van der Waals surface area contributed by atoms with Crippen LogP contribution in [0.2, 0.25) is 0 Å². The molecule has 0 saturated heterocycles. The predicted octanol–water partition coefficient (Wildman–Crippen LogP) is 8.15. The van der Waals surface area contributed by atoms with Crippen LogP contribution in [0.3, 0.4) is 0 Å². The first kappa shape index (κ1) is 24.2. The molecule has 5 aromatic rings. The summed E-state index contributed by atoms with van der Waals surface area (Å²) >= 11 is 0. The second-order valence-electron chi connectivity index (χ2n) is 8.48. The van der Waals surface area contributed by atoms with Crippen LogP contribution in [0, 0.1) is 5.82 Å². The molecular formula is C30H20F4N2O. The van der Waals surface area contributed by atoms with Gasteiger partial charge in [-0.3, -0.25) is 9.78 Å². The van der Waals surface area contributed by atoms with Gasteiger partial charge in [0, 0.05) is 46.1 Å². The van der Waals surface area contributed by atoms with Crippen LogP contribution in [-0.4, -0.2) is 11.3 Å². The van der Waals surface area contributed by atoms with Gasteiger partial charge in [0.25, 0.3) is 0 Å². The number of carbonyl (C=O) groups excluding carboxylic acids is 1. The number of anilines is 1. The minimum atomic E-state index is -4.59. The summed E-state index contributed by atoms with van der Waals surface area (Å²) in [6.07, 6.45) is -2.49. The number of alkyl halides is 3. The molecule has 0 aliphatic heterocycles. The zero-order valence-electron chi connectivity index (χ0n) is 19.4. The van der Waals surface area contributed by atoms with Gasteiger partial charge >= 0.3 is 6.18 Å². The van der Waals surface area contributed by atoms with Crippen LogP contribution in [0.4, 0.5) is 23.2 Å². The topological polar surface area (TPSA) is 42.0 Å². The normalized spacial score (nSPS) is 11.5. The molecule has 3 nitrogen and oxygen atoms in total. The fourth-order valence-electron chi connectivity index (χ4n) is 4.44. The Morgan fingerprint density at radius 1 is 0.838 bits per heavy atom. The number of aldehydes is 1. The third-order valence-electron chi connectivity index (χ3n) is 6.17. The van der Waals surface area contributed by atoms with Crippen molar-refractivity contribution in [3.8, 4) is 22.3 Å². The summed E-state index contributed by atoms with van der Waals surface area (Å²) in [6, 6.07) is 24.4. The summed E-state index contributed by atoms with van der Waals surface area (Å²) in [6.45, 7) is 0.228. The first-order valence-corrected chi connectivity index (χ1v) is 11.5. The van der Waals surface area contributed by atoms with Gasteiger partial charge in [0.05, 0.1) is 11.1 Å². The number of hydrogen-bond donors (Lipinski definition) is 1. The lowest BCUT2D eigenvalue weighted by molar-refractivity contribution is -0.136. The van der Waals surface area contributed by atoms with E-state index in [1.807, 2.05) is 0 Å². The van der Waals surface area contributed by atoms with Gasteiger partial charge in [-0.05, 0) is 35.4 Å². The molecule has 1 heterocycles. The zero-order valence-corrected chi connectivity index (χ0v) is 19.4. The standard InChI is InChI=1S/C30H20F4N2O/c31-27-14-4-2-7-20(27)16-35-22-10-5-9-19(15-22)28-24-12-6-13-26(30(32,33)34)29(24)36-17-25(28)23-11-3-1-8-21(23)18-37/h1-15,17-18,35H,16H2. The number of halogens is 4. The van der Waals surface area contributed by atoms with E-state index in [4.69, 9.17) is 0 Å². The summed E-state index contributed by atoms with van der Waals surface area (Å²) < 4.78 is 55.6. The number of nitrogens with zero attached hydrogens (tertiary/aromatic N) is 1. The second kappa shape index (κ2) is 9.85. The zero-order chi connectivity index (χ0) is 26.0. The summed E-state index contributed by atoms with van der Waals surface area (Å²) in [5.41, 5.74) is 2.75. The highest BCUT2D eigenvalue weighted by molar-refractivity contribution is 6.05. The first-order valence-electron chi connectivity index (χ1n) is 11.5. The monoisotopic (exact) mass is 500 g/mol. The minimum Gasteiger partial charge on any atom is -0.381 e. The number of para-hydroxylation sites is 1. The van der Waals surface area contributed by atoms with Gasteiger partial charge < -0.3 is 5.32 Å². The number of carbonyl (C=O) groups is 1. The summed E-state index contributed by atoms with van der Waals surface area (Å²) in [5, 5.41) is 3.49. The van der Waals surface area contributed by atoms with E-state index < -0.39 is 11.7 Å². The Hall–Kier alpha value is -4.52. The number of nitrogens with one attached hydrogen (secondary N) is 1. The molecule has 0 spiro atoms. The third kappa shape index (κ3) is 4.80. The Balaban J connectivity index is 1.70. The van der Waals surface area contributed by atoms with Gasteiger partial charge in [-0.1, -0.05) is 66.7 Å². The Morgan fingerprint density at radius 2 is 1.59 bits per heavy atom. The molecule has 5 rings (SSSR count). The number of aromatic nitrogens is 1. The molecule has 0 fully saturated rings. The van der Waals surface area contributed by atoms with E-state index in [0.717, 1.165) is 6.07 Å². The van der Waals surface area contributed by atoms with E-state index in [2.05, 4.69) is 10.3 Å². The molecule has 1 aromatic heterocycles. The molecule has 0 aliphatic rings. The molecule has 0 saturated carbocycles. The molecule has 0 atom stereocenters. The smallest absolute Gasteiger partial charge is 0.381 e. The van der Waals surface area contributed by atoms with Crippen molar-refractivity contribution in [2.45, 2.75) is 12.7 Å². The second-order valence-corrected chi connectivity index (χ2v) is 8.48. The molecule has 0 bridgehead atoms. The Bertz CT molecular complexity index is 1610. The van der Waals surface area contributed by atoms with E-state index in [0.29, 0.717) is 50.7 Å². The lowest BCUT2D eigenvalue weighted by Gasteiger charge is -2.18. The highest BCUT2D eigenvalue weighted by atomic mass is 19.4. The van der Waals surface area contributed by atoms with Gasteiger partial charge in [-0.25, -0.2) is 4.39 Å². The van der Waals surface area contributed by atoms with E-state index in [1.165, 1.54) is 18.3 Å². The van der Waals surface area contributed by atoms with Crippen LogP contribution in [0.15, 0.2) is 97.2 Å². The van der Waals surface area contributed by atoms with Gasteiger partial charge in [0.15, 0.2) is 6.29 Å². The van der Waals surface area contributed by atoms with Crippen LogP contribution in [0.25, 0.3) is 33.2 Å². The summed E-state index contributed by atoms with van der Waals surface area (Å²) in [5.74, 6) is -0.335. The molecule has 0 radical (unpaired) electrons. The van der Waals surface area contributed by atoms with E-state index in [9.17, 15) is 22.4 Å². The molecular weight excluding hydrogens is 480 g/mol. The van der Waals surface area contributed by atoms with Crippen molar-refractivity contribution in [3.05, 3.63) is 120 Å². The van der Waals surface area contributed by atoms with Gasteiger partial charge in [-0.2, -0.15) is 13.2 Å². The lowest BCUT2D eigenvalue weighted by atomic mass is 9.89. The molecule has 37 heavy (non-hydrogen) atoms. The highest BCUT2D eigenvalue weighted by Gasteiger charge is 2.33. The molecule has 184 valence electrons. The lowest BCUT2D eigenvalue weighted by Crippen LogP contribution is -2.07. The van der Waals surface area contributed by atoms with Crippen LogP contribution < -0.4 is 5.32 Å². The molecule has 4 aromatic carbocycles. The molecule has 7 heteroatoms. The summed E-state index contributed by atoms with van der Waals surface area (Å²) in [4.78, 5) is 16.0. The number of pyridine rings is 1. The molecule has 1 N–H and O–H groups in total. The van der Waals surface area contributed by atoms with Gasteiger partial charge in [0.1, 0.15) is 5.82 Å². The number of benzene rings is 4. The maximum Gasteiger partial charge on any atom is 0.418 e. The van der Waals surface area contributed by atoms with Crippen LogP contribution in [-0.2, 0) is 12.7 Å². The molecule has 0 amide bonds. The quantitative estimate of drug-likeness (QED) is 0.189. The van der Waals surface area contributed by atoms with Crippen molar-refractivity contribution < 1.29 is 22.4 Å². The van der Waals surface area contributed by atoms with Crippen molar-refractivity contribution >= 4 is 22.9 Å². The van der Waals surface area contributed by atoms with Crippen LogP contribution in [0.5, 0.6) is 0 Å².